The summed E-state index contributed by atoms with van der Waals surface area (Å²) in [6.07, 6.45) is 6.37. The Labute approximate surface area is 56.5 Å². The van der Waals surface area contributed by atoms with E-state index < -0.39 is 0 Å². The second-order valence-electron chi connectivity index (χ2n) is 2.70. The van der Waals surface area contributed by atoms with Crippen LogP contribution in [0.15, 0.2) is 17.3 Å². The fourth-order valence-electron chi connectivity index (χ4n) is 0.956. The first-order chi connectivity index (χ1) is 4.30. The highest BCUT2D eigenvalue weighted by molar-refractivity contribution is 5.87. The van der Waals surface area contributed by atoms with E-state index in [-0.39, 0.29) is 0 Å². The van der Waals surface area contributed by atoms with Crippen LogP contribution in [-0.4, -0.2) is 5.71 Å². The van der Waals surface area contributed by atoms with E-state index in [9.17, 15) is 0 Å². The summed E-state index contributed by atoms with van der Waals surface area (Å²) >= 11 is 0. The standard InChI is InChI=1S/C8H13N/c1-7(2)8-5-3-4-6-9-8/h4,6-7H,3,5H2,1-2H3. The molecule has 0 bridgehead atoms. The van der Waals surface area contributed by atoms with Gasteiger partial charge in [-0.05, 0) is 18.8 Å². The van der Waals surface area contributed by atoms with E-state index in [1.165, 1.54) is 12.1 Å². The lowest BCUT2D eigenvalue weighted by molar-refractivity contribution is 0.834. The van der Waals surface area contributed by atoms with Crippen molar-refractivity contribution in [3.63, 3.8) is 0 Å². The van der Waals surface area contributed by atoms with Gasteiger partial charge in [-0.25, -0.2) is 0 Å². The highest BCUT2D eigenvalue weighted by atomic mass is 14.7. The van der Waals surface area contributed by atoms with Gasteiger partial charge in [0.1, 0.15) is 0 Å². The largest absolute Gasteiger partial charge is 0.266 e. The molecule has 9 heavy (non-hydrogen) atoms. The van der Waals surface area contributed by atoms with E-state index in [1.54, 1.807) is 0 Å². The third-order valence-electron chi connectivity index (χ3n) is 1.58. The van der Waals surface area contributed by atoms with Crippen molar-refractivity contribution in [3.05, 3.63) is 12.3 Å². The molecule has 0 N–H and O–H groups in total. The lowest BCUT2D eigenvalue weighted by Gasteiger charge is -2.09. The molecule has 0 amide bonds. The molecule has 0 spiro atoms. The number of allylic oxidation sites excluding steroid dienone is 1. The zero-order chi connectivity index (χ0) is 6.69. The first-order valence-corrected chi connectivity index (χ1v) is 3.52. The van der Waals surface area contributed by atoms with Gasteiger partial charge in [-0.15, -0.1) is 0 Å². The molecule has 1 rings (SSSR count). The van der Waals surface area contributed by atoms with Gasteiger partial charge in [0.25, 0.3) is 0 Å². The van der Waals surface area contributed by atoms with E-state index in [0.717, 1.165) is 6.42 Å². The topological polar surface area (TPSA) is 12.4 Å². The average Bonchev–Trinajstić information content (AvgIpc) is 1.90. The first kappa shape index (κ1) is 6.53. The van der Waals surface area contributed by atoms with Crippen LogP contribution < -0.4 is 0 Å². The smallest absolute Gasteiger partial charge is 0.0227 e. The Hall–Kier alpha value is -0.590. The summed E-state index contributed by atoms with van der Waals surface area (Å²) in [7, 11) is 0. The third kappa shape index (κ3) is 1.67. The summed E-state index contributed by atoms with van der Waals surface area (Å²) in [5, 5.41) is 0. The van der Waals surface area contributed by atoms with Crippen LogP contribution in [0.3, 0.4) is 0 Å². The second-order valence-corrected chi connectivity index (χ2v) is 2.70. The number of nitrogens with zero attached hydrogens (tertiary/aromatic N) is 1. The van der Waals surface area contributed by atoms with E-state index >= 15 is 0 Å². The zero-order valence-corrected chi connectivity index (χ0v) is 6.09. The fraction of sp³-hybridized carbons (Fsp3) is 0.625. The zero-order valence-electron chi connectivity index (χ0n) is 6.09. The van der Waals surface area contributed by atoms with E-state index in [2.05, 4.69) is 24.9 Å². The van der Waals surface area contributed by atoms with Crippen molar-refractivity contribution in [1.29, 1.82) is 0 Å². The highest BCUT2D eigenvalue weighted by Crippen LogP contribution is 2.09. The van der Waals surface area contributed by atoms with Crippen LogP contribution in [0.2, 0.25) is 0 Å². The molecule has 1 nitrogen and oxygen atoms in total. The van der Waals surface area contributed by atoms with Gasteiger partial charge in [-0.3, -0.25) is 4.99 Å². The molecule has 0 saturated heterocycles. The van der Waals surface area contributed by atoms with Gasteiger partial charge >= 0.3 is 0 Å². The summed E-state index contributed by atoms with van der Waals surface area (Å²) < 4.78 is 0. The summed E-state index contributed by atoms with van der Waals surface area (Å²) in [4.78, 5) is 4.27. The van der Waals surface area contributed by atoms with Crippen molar-refractivity contribution in [2.45, 2.75) is 26.7 Å². The van der Waals surface area contributed by atoms with Gasteiger partial charge in [0.05, 0.1) is 0 Å². The molecule has 0 aromatic heterocycles. The molecule has 0 unspecified atom stereocenters. The fourth-order valence-corrected chi connectivity index (χ4v) is 0.956. The van der Waals surface area contributed by atoms with Crippen LogP contribution in [0.5, 0.6) is 0 Å². The summed E-state index contributed by atoms with van der Waals surface area (Å²) in [6.45, 7) is 4.38. The molecule has 0 aromatic rings. The highest BCUT2D eigenvalue weighted by Gasteiger charge is 2.04. The van der Waals surface area contributed by atoms with Gasteiger partial charge in [0.2, 0.25) is 0 Å². The number of hydrogen-bond acceptors (Lipinski definition) is 1. The molecular formula is C8H13N. The molecule has 1 heterocycles. The van der Waals surface area contributed by atoms with E-state index in [4.69, 9.17) is 0 Å². The van der Waals surface area contributed by atoms with Crippen molar-refractivity contribution in [3.8, 4) is 0 Å². The summed E-state index contributed by atoms with van der Waals surface area (Å²) in [6, 6.07) is 0. The minimum absolute atomic E-state index is 0.634. The summed E-state index contributed by atoms with van der Waals surface area (Å²) in [5.74, 6) is 0.634. The van der Waals surface area contributed by atoms with E-state index in [1.807, 2.05) is 6.20 Å². The normalized spacial score (nSPS) is 18.3. The SMILES string of the molecule is CC(C)C1=NC=CCC1. The van der Waals surface area contributed by atoms with Crippen molar-refractivity contribution in [2.24, 2.45) is 10.9 Å². The van der Waals surface area contributed by atoms with Gasteiger partial charge in [-0.2, -0.15) is 0 Å². The van der Waals surface area contributed by atoms with E-state index in [0.29, 0.717) is 5.92 Å². The molecule has 0 radical (unpaired) electrons. The Balaban J connectivity index is 2.57. The van der Waals surface area contributed by atoms with Crippen LogP contribution in [0.25, 0.3) is 0 Å². The Morgan fingerprint density at radius 1 is 1.56 bits per heavy atom. The first-order valence-electron chi connectivity index (χ1n) is 3.52. The number of aliphatic imine (C=N–C) groups is 1. The quantitative estimate of drug-likeness (QED) is 0.507. The Morgan fingerprint density at radius 3 is 2.67 bits per heavy atom. The lowest BCUT2D eigenvalue weighted by atomic mass is 10.0. The summed E-state index contributed by atoms with van der Waals surface area (Å²) in [5.41, 5.74) is 1.34. The minimum atomic E-state index is 0.634. The van der Waals surface area contributed by atoms with Gasteiger partial charge < -0.3 is 0 Å². The molecule has 1 aliphatic heterocycles. The van der Waals surface area contributed by atoms with Crippen molar-refractivity contribution in [2.75, 3.05) is 0 Å². The Kier molecular flexibility index (Phi) is 2.04. The van der Waals surface area contributed by atoms with Crippen molar-refractivity contribution >= 4 is 5.71 Å². The van der Waals surface area contributed by atoms with Crippen LogP contribution in [0.4, 0.5) is 0 Å². The predicted octanol–water partition coefficient (Wildman–Crippen LogP) is 2.39. The Bertz CT molecular complexity index is 143. The van der Waals surface area contributed by atoms with Crippen LogP contribution >= 0.6 is 0 Å². The van der Waals surface area contributed by atoms with Crippen LogP contribution in [0.1, 0.15) is 26.7 Å². The number of rotatable bonds is 1. The molecule has 0 aliphatic carbocycles. The molecule has 1 aliphatic rings. The number of hydrogen-bond donors (Lipinski definition) is 0. The predicted molar refractivity (Wildman–Crippen MR) is 40.6 cm³/mol. The van der Waals surface area contributed by atoms with Gasteiger partial charge in [0.15, 0.2) is 0 Å². The molecule has 0 aromatic carbocycles. The molecule has 0 atom stereocenters. The molecular weight excluding hydrogens is 110 g/mol. The molecule has 0 saturated carbocycles. The maximum absolute atomic E-state index is 4.27. The van der Waals surface area contributed by atoms with Gasteiger partial charge in [-0.1, -0.05) is 19.9 Å². The van der Waals surface area contributed by atoms with Gasteiger partial charge in [0, 0.05) is 11.9 Å². The maximum atomic E-state index is 4.27. The minimum Gasteiger partial charge on any atom is -0.266 e. The van der Waals surface area contributed by atoms with Crippen molar-refractivity contribution < 1.29 is 0 Å². The van der Waals surface area contributed by atoms with Crippen LogP contribution in [0, 0.1) is 5.92 Å². The second kappa shape index (κ2) is 2.81. The maximum Gasteiger partial charge on any atom is 0.0227 e. The monoisotopic (exact) mass is 123 g/mol. The molecule has 0 fully saturated rings. The average molecular weight is 123 g/mol. The Morgan fingerprint density at radius 2 is 2.33 bits per heavy atom. The molecule has 1 heteroatoms. The lowest BCUT2D eigenvalue weighted by Crippen LogP contribution is -2.07. The third-order valence-corrected chi connectivity index (χ3v) is 1.58. The van der Waals surface area contributed by atoms with Crippen molar-refractivity contribution in [1.82, 2.24) is 0 Å². The van der Waals surface area contributed by atoms with Crippen LogP contribution in [-0.2, 0) is 0 Å². The molecule has 50 valence electrons.